The summed E-state index contributed by atoms with van der Waals surface area (Å²) in [5.74, 6) is 3.13. The lowest BCUT2D eigenvalue weighted by atomic mass is 10.3. The van der Waals surface area contributed by atoms with Crippen LogP contribution in [0.4, 0.5) is 0 Å². The lowest BCUT2D eigenvalue weighted by Gasteiger charge is -2.03. The fourth-order valence-electron chi connectivity index (χ4n) is 0.904. The highest BCUT2D eigenvalue weighted by Gasteiger charge is 2.07. The molecular weight excluding hydrogens is 242 g/mol. The zero-order valence-corrected chi connectivity index (χ0v) is 12.0. The molecule has 0 saturated carbocycles. The van der Waals surface area contributed by atoms with Crippen molar-refractivity contribution in [2.75, 3.05) is 6.26 Å². The van der Waals surface area contributed by atoms with Crippen LogP contribution in [0.1, 0.15) is 5.56 Å². The van der Waals surface area contributed by atoms with Gasteiger partial charge in [-0.15, -0.1) is 17.3 Å². The third-order valence-corrected chi connectivity index (χ3v) is 3.57. The molecule has 0 amide bonds. The Bertz CT molecular complexity index is 415. The molecule has 0 N–H and O–H groups in total. The second-order valence-corrected chi connectivity index (χ2v) is 10.2. The molecule has 1 aromatic rings. The Morgan fingerprint density at radius 3 is 2.53 bits per heavy atom. The fourth-order valence-corrected chi connectivity index (χ4v) is 2.23. The van der Waals surface area contributed by atoms with Gasteiger partial charge in [0.05, 0.1) is 5.02 Å². The van der Waals surface area contributed by atoms with E-state index in [0.29, 0.717) is 5.02 Å². The number of hydrogen-bond acceptors (Lipinski definition) is 2. The molecule has 0 saturated heterocycles. The molecule has 0 aromatic carbocycles. The Balaban J connectivity index is 2.97. The number of aromatic nitrogens is 1. The van der Waals surface area contributed by atoms with Gasteiger partial charge in [-0.05, 0) is 12.3 Å². The second-order valence-electron chi connectivity index (χ2n) is 4.22. The molecule has 0 aliphatic rings. The highest BCUT2D eigenvalue weighted by atomic mass is 35.5. The molecule has 0 fully saturated rings. The van der Waals surface area contributed by atoms with E-state index in [1.807, 2.05) is 12.3 Å². The number of thioether (sulfide) groups is 1. The first-order valence-corrected chi connectivity index (χ1v) is 9.75. The van der Waals surface area contributed by atoms with E-state index in [0.717, 1.165) is 10.6 Å². The van der Waals surface area contributed by atoms with Crippen molar-refractivity contribution in [2.24, 2.45) is 0 Å². The molecule has 0 aliphatic carbocycles. The van der Waals surface area contributed by atoms with Gasteiger partial charge < -0.3 is 0 Å². The Morgan fingerprint density at radius 2 is 2.07 bits per heavy atom. The number of halogens is 1. The average Bonchev–Trinajstić information content (AvgIpc) is 2.14. The van der Waals surface area contributed by atoms with Crippen LogP contribution in [-0.4, -0.2) is 19.3 Å². The summed E-state index contributed by atoms with van der Waals surface area (Å²) >= 11 is 7.58. The van der Waals surface area contributed by atoms with Crippen LogP contribution >= 0.6 is 23.4 Å². The summed E-state index contributed by atoms with van der Waals surface area (Å²) in [5.41, 5.74) is 4.19. The molecule has 0 atom stereocenters. The fraction of sp³-hybridized carbons (Fsp3) is 0.364. The number of rotatable bonds is 1. The summed E-state index contributed by atoms with van der Waals surface area (Å²) in [6.45, 7) is 6.64. The van der Waals surface area contributed by atoms with E-state index in [1.165, 1.54) is 0 Å². The van der Waals surface area contributed by atoms with Gasteiger partial charge in [-0.3, -0.25) is 0 Å². The number of pyridine rings is 1. The van der Waals surface area contributed by atoms with Crippen LogP contribution in [-0.2, 0) is 0 Å². The van der Waals surface area contributed by atoms with Crippen molar-refractivity contribution in [3.05, 3.63) is 22.8 Å². The van der Waals surface area contributed by atoms with Crippen molar-refractivity contribution in [2.45, 2.75) is 24.7 Å². The van der Waals surface area contributed by atoms with Crippen LogP contribution < -0.4 is 0 Å². The maximum atomic E-state index is 6.04. The monoisotopic (exact) mass is 255 g/mol. The normalized spacial score (nSPS) is 10.7. The Hall–Kier alpha value is -0.433. The molecule has 0 unspecified atom stereocenters. The summed E-state index contributed by atoms with van der Waals surface area (Å²) in [6, 6.07) is 1.88. The van der Waals surface area contributed by atoms with Gasteiger partial charge in [0.2, 0.25) is 0 Å². The molecule has 1 heterocycles. The maximum Gasteiger partial charge on any atom is 0.129 e. The van der Waals surface area contributed by atoms with E-state index in [9.17, 15) is 0 Å². The predicted octanol–water partition coefficient (Wildman–Crippen LogP) is 3.69. The second kappa shape index (κ2) is 5.07. The third kappa shape index (κ3) is 4.29. The topological polar surface area (TPSA) is 12.9 Å². The van der Waals surface area contributed by atoms with E-state index in [1.54, 1.807) is 18.0 Å². The van der Waals surface area contributed by atoms with Crippen molar-refractivity contribution in [3.63, 3.8) is 0 Å². The summed E-state index contributed by atoms with van der Waals surface area (Å²) in [5, 5.41) is 1.54. The van der Waals surface area contributed by atoms with Gasteiger partial charge in [0.1, 0.15) is 13.1 Å². The van der Waals surface area contributed by atoms with Gasteiger partial charge in [0.15, 0.2) is 0 Å². The maximum absolute atomic E-state index is 6.04. The first-order valence-electron chi connectivity index (χ1n) is 4.65. The van der Waals surface area contributed by atoms with Gasteiger partial charge in [0, 0.05) is 11.8 Å². The molecule has 0 spiro atoms. The standard InChI is InChI=1S/C11H14ClNSSi/c1-14-11-10(12)7-9(8-13-11)5-6-15(2,3)4/h7-8H,1-4H3. The summed E-state index contributed by atoms with van der Waals surface area (Å²) < 4.78 is 0. The molecule has 80 valence electrons. The molecule has 0 bridgehead atoms. The molecule has 0 aliphatic heterocycles. The minimum Gasteiger partial charge on any atom is -0.247 e. The third-order valence-electron chi connectivity index (χ3n) is 1.58. The van der Waals surface area contributed by atoms with Gasteiger partial charge >= 0.3 is 0 Å². The molecule has 4 heteroatoms. The summed E-state index contributed by atoms with van der Waals surface area (Å²) in [6.07, 6.45) is 3.74. The van der Waals surface area contributed by atoms with Crippen LogP contribution in [0.15, 0.2) is 17.3 Å². The largest absolute Gasteiger partial charge is 0.247 e. The number of nitrogens with zero attached hydrogens (tertiary/aromatic N) is 1. The van der Waals surface area contributed by atoms with E-state index in [2.05, 4.69) is 36.1 Å². The lowest BCUT2D eigenvalue weighted by molar-refractivity contribution is 1.13. The SMILES string of the molecule is CSc1ncc(C#C[Si](C)(C)C)cc1Cl. The molecule has 0 radical (unpaired) electrons. The van der Waals surface area contributed by atoms with E-state index >= 15 is 0 Å². The summed E-state index contributed by atoms with van der Waals surface area (Å²) in [7, 11) is -1.32. The zero-order chi connectivity index (χ0) is 11.5. The molecule has 1 rings (SSSR count). The minimum atomic E-state index is -1.32. The van der Waals surface area contributed by atoms with Crippen molar-refractivity contribution < 1.29 is 0 Å². The van der Waals surface area contributed by atoms with Gasteiger partial charge in [-0.1, -0.05) is 37.2 Å². The molecule has 1 aromatic heterocycles. The number of hydrogen-bond donors (Lipinski definition) is 0. The summed E-state index contributed by atoms with van der Waals surface area (Å²) in [4.78, 5) is 4.24. The van der Waals surface area contributed by atoms with E-state index < -0.39 is 8.07 Å². The average molecular weight is 256 g/mol. The van der Waals surface area contributed by atoms with Crippen LogP contribution in [0, 0.1) is 11.5 Å². The molecule has 1 nitrogen and oxygen atoms in total. The van der Waals surface area contributed by atoms with Crippen molar-refractivity contribution in [1.29, 1.82) is 0 Å². The lowest BCUT2D eigenvalue weighted by Crippen LogP contribution is -2.16. The quantitative estimate of drug-likeness (QED) is 0.431. The smallest absolute Gasteiger partial charge is 0.129 e. The molecule has 15 heavy (non-hydrogen) atoms. The Kier molecular flexibility index (Phi) is 4.27. The van der Waals surface area contributed by atoms with Crippen molar-refractivity contribution in [3.8, 4) is 11.5 Å². The van der Waals surface area contributed by atoms with Gasteiger partial charge in [-0.25, -0.2) is 4.98 Å². The zero-order valence-electron chi connectivity index (χ0n) is 9.39. The van der Waals surface area contributed by atoms with Gasteiger partial charge in [0.25, 0.3) is 0 Å². The predicted molar refractivity (Wildman–Crippen MR) is 71.3 cm³/mol. The van der Waals surface area contributed by atoms with Crippen LogP contribution in [0.2, 0.25) is 24.7 Å². The van der Waals surface area contributed by atoms with Crippen LogP contribution in [0.5, 0.6) is 0 Å². The van der Waals surface area contributed by atoms with Crippen LogP contribution in [0.25, 0.3) is 0 Å². The van der Waals surface area contributed by atoms with Gasteiger partial charge in [-0.2, -0.15) is 0 Å². The van der Waals surface area contributed by atoms with Crippen molar-refractivity contribution in [1.82, 2.24) is 4.98 Å². The highest BCUT2D eigenvalue weighted by Crippen LogP contribution is 2.22. The van der Waals surface area contributed by atoms with E-state index in [4.69, 9.17) is 11.6 Å². The Morgan fingerprint density at radius 1 is 1.40 bits per heavy atom. The first kappa shape index (κ1) is 12.6. The van der Waals surface area contributed by atoms with Crippen molar-refractivity contribution >= 4 is 31.4 Å². The highest BCUT2D eigenvalue weighted by molar-refractivity contribution is 7.98. The molecular formula is C11H14ClNSSi. The van der Waals surface area contributed by atoms with E-state index in [-0.39, 0.29) is 0 Å². The first-order chi connectivity index (χ1) is 6.92. The van der Waals surface area contributed by atoms with Crippen LogP contribution in [0.3, 0.4) is 0 Å². The minimum absolute atomic E-state index is 0.685. The Labute approximate surface area is 102 Å².